The Morgan fingerprint density at radius 3 is 2.74 bits per heavy atom. The van der Waals surface area contributed by atoms with Gasteiger partial charge in [-0.2, -0.15) is 5.10 Å². The summed E-state index contributed by atoms with van der Waals surface area (Å²) in [6.07, 6.45) is 8.52. The predicted octanol–water partition coefficient (Wildman–Crippen LogP) is 8.09. The molecule has 0 saturated heterocycles. The number of allylic oxidation sites excluding steroid dienone is 1. The second-order valence-electron chi connectivity index (χ2n) is 9.41. The largest absolute Gasteiger partial charge is 0.358 e. The number of hydrogen-bond donors (Lipinski definition) is 3. The Labute approximate surface area is 219 Å². The van der Waals surface area contributed by atoms with E-state index in [1.54, 1.807) is 18.3 Å². The molecule has 2 aromatic carbocycles. The minimum Gasteiger partial charge on any atom is -0.358 e. The van der Waals surface area contributed by atoms with Crippen molar-refractivity contribution in [1.29, 1.82) is 0 Å². The monoisotopic (exact) mass is 502 g/mol. The fourth-order valence-electron chi connectivity index (χ4n) is 4.79. The first-order valence-corrected chi connectivity index (χ1v) is 12.7. The lowest BCUT2D eigenvalue weighted by molar-refractivity contribution is 0.631. The molecular weight excluding hydrogens is 475 g/mol. The molecule has 6 aromatic rings. The normalized spacial score (nSPS) is 11.3. The first-order valence-electron chi connectivity index (χ1n) is 12.7. The van der Waals surface area contributed by atoms with Crippen LogP contribution < -0.4 is 5.32 Å². The molecule has 0 amide bonds. The summed E-state index contributed by atoms with van der Waals surface area (Å²) in [5, 5.41) is 12.9. The molecular formula is C31H27FN6. The van der Waals surface area contributed by atoms with Gasteiger partial charge in [-0.3, -0.25) is 10.1 Å². The highest BCUT2D eigenvalue weighted by Gasteiger charge is 2.16. The molecule has 0 spiro atoms. The number of H-pyrrole nitrogens is 2. The third-order valence-corrected chi connectivity index (χ3v) is 6.74. The van der Waals surface area contributed by atoms with Gasteiger partial charge in [0.2, 0.25) is 0 Å². The Bertz CT molecular complexity index is 1780. The lowest BCUT2D eigenvalue weighted by Crippen LogP contribution is -1.98. The number of aromatic amines is 2. The molecule has 0 atom stereocenters. The van der Waals surface area contributed by atoms with Crippen molar-refractivity contribution in [2.45, 2.75) is 26.2 Å². The van der Waals surface area contributed by atoms with Gasteiger partial charge in [-0.25, -0.2) is 9.37 Å². The van der Waals surface area contributed by atoms with E-state index in [0.717, 1.165) is 75.0 Å². The van der Waals surface area contributed by atoms with Gasteiger partial charge in [-0.05, 0) is 60.4 Å². The first-order chi connectivity index (χ1) is 18.6. The summed E-state index contributed by atoms with van der Waals surface area (Å²) in [5.74, 6) is -0.267. The highest BCUT2D eigenvalue weighted by Crippen LogP contribution is 2.35. The van der Waals surface area contributed by atoms with Gasteiger partial charge in [0.25, 0.3) is 0 Å². The van der Waals surface area contributed by atoms with Gasteiger partial charge in [-0.15, -0.1) is 0 Å². The third kappa shape index (κ3) is 4.43. The molecule has 38 heavy (non-hydrogen) atoms. The van der Waals surface area contributed by atoms with E-state index in [0.29, 0.717) is 11.2 Å². The maximum absolute atomic E-state index is 14.6. The highest BCUT2D eigenvalue weighted by atomic mass is 19.1. The SMILES string of the molecule is C=C(CCCC)Nc1cncc(-c2ccc3[nH]nc(-c4cc5c(-c6ccccc6F)ccnc5[nH]4)c3c2)c1. The minimum absolute atomic E-state index is 0.267. The number of aromatic nitrogens is 5. The average molecular weight is 503 g/mol. The number of benzene rings is 2. The number of unbranched alkanes of at least 4 members (excludes halogenated alkanes) is 1. The van der Waals surface area contributed by atoms with E-state index < -0.39 is 0 Å². The van der Waals surface area contributed by atoms with Crippen molar-refractivity contribution < 1.29 is 4.39 Å². The summed E-state index contributed by atoms with van der Waals surface area (Å²) < 4.78 is 14.6. The number of anilines is 1. The molecule has 0 aliphatic carbocycles. The van der Waals surface area contributed by atoms with E-state index in [2.05, 4.69) is 62.2 Å². The molecule has 0 saturated carbocycles. The summed E-state index contributed by atoms with van der Waals surface area (Å²) >= 11 is 0. The molecule has 4 heterocycles. The van der Waals surface area contributed by atoms with Crippen LogP contribution in [0.15, 0.2) is 91.5 Å². The van der Waals surface area contributed by atoms with Crippen LogP contribution in [-0.2, 0) is 0 Å². The van der Waals surface area contributed by atoms with Crippen LogP contribution in [0.25, 0.3) is 55.6 Å². The number of nitrogens with zero attached hydrogens (tertiary/aromatic N) is 3. The number of hydrogen-bond acceptors (Lipinski definition) is 4. The fourth-order valence-corrected chi connectivity index (χ4v) is 4.79. The van der Waals surface area contributed by atoms with Gasteiger partial charge in [0.05, 0.1) is 23.1 Å². The van der Waals surface area contributed by atoms with Crippen molar-refractivity contribution >= 4 is 27.6 Å². The van der Waals surface area contributed by atoms with Gasteiger partial charge in [-0.1, -0.05) is 44.2 Å². The van der Waals surface area contributed by atoms with Gasteiger partial charge in [0, 0.05) is 40.0 Å². The van der Waals surface area contributed by atoms with Crippen LogP contribution in [0.3, 0.4) is 0 Å². The molecule has 4 aromatic heterocycles. The zero-order valence-corrected chi connectivity index (χ0v) is 21.1. The van der Waals surface area contributed by atoms with E-state index >= 15 is 0 Å². The maximum atomic E-state index is 14.6. The second kappa shape index (κ2) is 9.94. The molecule has 7 heteroatoms. The Hall–Kier alpha value is -4.78. The van der Waals surface area contributed by atoms with Crippen LogP contribution in [0.2, 0.25) is 0 Å². The Kier molecular flexibility index (Phi) is 6.17. The van der Waals surface area contributed by atoms with E-state index in [1.165, 1.54) is 6.07 Å². The van der Waals surface area contributed by atoms with E-state index in [4.69, 9.17) is 0 Å². The predicted molar refractivity (Wildman–Crippen MR) is 152 cm³/mol. The van der Waals surface area contributed by atoms with Gasteiger partial charge in [0.15, 0.2) is 0 Å². The molecule has 0 aliphatic heterocycles. The molecule has 188 valence electrons. The van der Waals surface area contributed by atoms with Gasteiger partial charge < -0.3 is 10.3 Å². The van der Waals surface area contributed by atoms with Crippen molar-refractivity contribution in [3.63, 3.8) is 0 Å². The van der Waals surface area contributed by atoms with Crippen LogP contribution >= 0.6 is 0 Å². The zero-order chi connectivity index (χ0) is 26.1. The third-order valence-electron chi connectivity index (χ3n) is 6.74. The van der Waals surface area contributed by atoms with Crippen molar-refractivity contribution in [1.82, 2.24) is 25.1 Å². The van der Waals surface area contributed by atoms with Crippen LogP contribution in [0.5, 0.6) is 0 Å². The van der Waals surface area contributed by atoms with Crippen molar-refractivity contribution in [2.75, 3.05) is 5.32 Å². The Balaban J connectivity index is 1.38. The van der Waals surface area contributed by atoms with Crippen molar-refractivity contribution in [2.24, 2.45) is 0 Å². The fraction of sp³-hybridized carbons (Fsp3) is 0.129. The van der Waals surface area contributed by atoms with Crippen molar-refractivity contribution in [3.8, 4) is 33.6 Å². The first kappa shape index (κ1) is 23.6. The van der Waals surface area contributed by atoms with Crippen molar-refractivity contribution in [3.05, 3.63) is 97.3 Å². The van der Waals surface area contributed by atoms with Gasteiger partial charge >= 0.3 is 0 Å². The standard InChI is InChI=1S/C31H27FN6/c1-3-4-7-19(2)35-22-14-21(17-33-18-22)20-10-11-28-26(15-20)30(38-37-28)29-16-25-23(12-13-34-31(25)36-29)24-8-5-6-9-27(24)32/h5-6,8-18,35H,2-4,7H2,1H3,(H,34,36)(H,37,38). The van der Waals surface area contributed by atoms with E-state index in [9.17, 15) is 4.39 Å². The molecule has 3 N–H and O–H groups in total. The molecule has 0 fully saturated rings. The van der Waals surface area contributed by atoms with Crippen LogP contribution in [0.4, 0.5) is 10.1 Å². The summed E-state index contributed by atoms with van der Waals surface area (Å²) in [6, 6.07) is 18.9. The second-order valence-corrected chi connectivity index (χ2v) is 9.41. The Morgan fingerprint density at radius 2 is 1.87 bits per heavy atom. The molecule has 0 aliphatic rings. The topological polar surface area (TPSA) is 82.3 Å². The van der Waals surface area contributed by atoms with Crippen LogP contribution in [0.1, 0.15) is 26.2 Å². The molecule has 6 rings (SSSR count). The minimum atomic E-state index is -0.267. The highest BCUT2D eigenvalue weighted by molar-refractivity contribution is 6.00. The number of pyridine rings is 2. The summed E-state index contributed by atoms with van der Waals surface area (Å²) in [7, 11) is 0. The summed E-state index contributed by atoms with van der Waals surface area (Å²) in [5.41, 5.74) is 8.42. The molecule has 0 unspecified atom stereocenters. The number of rotatable bonds is 8. The molecule has 0 radical (unpaired) electrons. The smallest absolute Gasteiger partial charge is 0.138 e. The average Bonchev–Trinajstić information content (AvgIpc) is 3.56. The number of nitrogens with one attached hydrogen (secondary N) is 3. The number of fused-ring (bicyclic) bond motifs is 2. The Morgan fingerprint density at radius 1 is 0.974 bits per heavy atom. The quantitative estimate of drug-likeness (QED) is 0.196. The van der Waals surface area contributed by atoms with Crippen LogP contribution in [-0.4, -0.2) is 25.1 Å². The lowest BCUT2D eigenvalue weighted by Gasteiger charge is -2.10. The number of halogens is 1. The van der Waals surface area contributed by atoms with Crippen LogP contribution in [0, 0.1) is 5.82 Å². The van der Waals surface area contributed by atoms with E-state index in [1.807, 2.05) is 36.7 Å². The van der Waals surface area contributed by atoms with E-state index in [-0.39, 0.29) is 5.82 Å². The summed E-state index contributed by atoms with van der Waals surface area (Å²) in [6.45, 7) is 6.31. The summed E-state index contributed by atoms with van der Waals surface area (Å²) in [4.78, 5) is 12.3. The maximum Gasteiger partial charge on any atom is 0.138 e. The zero-order valence-electron chi connectivity index (χ0n) is 21.1. The molecule has 0 bridgehead atoms. The van der Waals surface area contributed by atoms with Gasteiger partial charge in [0.1, 0.15) is 17.2 Å². The lowest BCUT2D eigenvalue weighted by atomic mass is 10.0. The molecule has 6 nitrogen and oxygen atoms in total.